The Morgan fingerprint density at radius 3 is 2.55 bits per heavy atom. The molecule has 1 aromatic carbocycles. The van der Waals surface area contributed by atoms with E-state index in [1.807, 2.05) is 32.9 Å². The van der Waals surface area contributed by atoms with E-state index in [2.05, 4.69) is 39.0 Å². The molecule has 0 amide bonds. The topological polar surface area (TPSA) is 56.7 Å². The number of aromatic nitrogens is 4. The quantitative estimate of drug-likeness (QED) is 0.686. The van der Waals surface area contributed by atoms with Crippen molar-refractivity contribution < 1.29 is 4.52 Å². The maximum Gasteiger partial charge on any atom is 0.196 e. The van der Waals surface area contributed by atoms with Crippen molar-refractivity contribution in [3.63, 3.8) is 0 Å². The van der Waals surface area contributed by atoms with Crippen LogP contribution in [-0.2, 0) is 5.75 Å². The van der Waals surface area contributed by atoms with Crippen LogP contribution in [0.1, 0.15) is 28.4 Å². The van der Waals surface area contributed by atoms with Crippen molar-refractivity contribution in [1.82, 2.24) is 19.9 Å². The van der Waals surface area contributed by atoms with Crippen LogP contribution in [0.25, 0.3) is 5.69 Å². The molecule has 22 heavy (non-hydrogen) atoms. The van der Waals surface area contributed by atoms with Crippen LogP contribution in [0.2, 0.25) is 0 Å². The van der Waals surface area contributed by atoms with Gasteiger partial charge in [0.2, 0.25) is 0 Å². The van der Waals surface area contributed by atoms with Crippen LogP contribution in [0.4, 0.5) is 0 Å². The molecule has 0 saturated heterocycles. The normalized spacial score (nSPS) is 11.1. The van der Waals surface area contributed by atoms with Crippen LogP contribution in [0.15, 0.2) is 33.9 Å². The highest BCUT2D eigenvalue weighted by Gasteiger charge is 2.15. The first-order valence-electron chi connectivity index (χ1n) is 7.10. The molecule has 6 heteroatoms. The minimum atomic E-state index is 0.769. The number of aryl methyl sites for hydroxylation is 4. The zero-order valence-corrected chi connectivity index (χ0v) is 13.9. The lowest BCUT2D eigenvalue weighted by Crippen LogP contribution is -2.01. The molecule has 0 aliphatic carbocycles. The molecule has 5 nitrogen and oxygen atoms in total. The summed E-state index contributed by atoms with van der Waals surface area (Å²) in [5.74, 6) is 2.52. The second kappa shape index (κ2) is 5.96. The first-order chi connectivity index (χ1) is 10.6. The Labute approximate surface area is 133 Å². The summed E-state index contributed by atoms with van der Waals surface area (Å²) in [4.78, 5) is 0. The van der Waals surface area contributed by atoms with Crippen molar-refractivity contribution in [3.05, 3.63) is 52.7 Å². The van der Waals surface area contributed by atoms with E-state index in [9.17, 15) is 0 Å². The molecule has 3 rings (SSSR count). The number of rotatable bonds is 4. The predicted octanol–water partition coefficient (Wildman–Crippen LogP) is 3.78. The van der Waals surface area contributed by atoms with Crippen molar-refractivity contribution >= 4 is 11.8 Å². The van der Waals surface area contributed by atoms with Crippen molar-refractivity contribution in [3.8, 4) is 5.69 Å². The lowest BCUT2D eigenvalue weighted by molar-refractivity contribution is 0.392. The fraction of sp³-hybridized carbons (Fsp3) is 0.312. The molecule has 114 valence electrons. The summed E-state index contributed by atoms with van der Waals surface area (Å²) in [6.07, 6.45) is 0. The van der Waals surface area contributed by atoms with Crippen LogP contribution in [0.5, 0.6) is 0 Å². The molecule has 0 spiro atoms. The molecule has 0 aliphatic rings. The summed E-state index contributed by atoms with van der Waals surface area (Å²) in [5.41, 5.74) is 4.38. The van der Waals surface area contributed by atoms with E-state index in [1.54, 1.807) is 11.8 Å². The third-order valence-corrected chi connectivity index (χ3v) is 4.63. The van der Waals surface area contributed by atoms with E-state index in [-0.39, 0.29) is 0 Å². The van der Waals surface area contributed by atoms with Gasteiger partial charge in [-0.15, -0.1) is 10.2 Å². The predicted molar refractivity (Wildman–Crippen MR) is 86.4 cm³/mol. The van der Waals surface area contributed by atoms with E-state index in [4.69, 9.17) is 4.52 Å². The molecule has 0 bridgehead atoms. The van der Waals surface area contributed by atoms with E-state index >= 15 is 0 Å². The molecule has 0 radical (unpaired) electrons. The molecule has 0 N–H and O–H groups in total. The highest BCUT2D eigenvalue weighted by Crippen LogP contribution is 2.28. The lowest BCUT2D eigenvalue weighted by Gasteiger charge is -2.10. The van der Waals surface area contributed by atoms with Gasteiger partial charge in [-0.25, -0.2) is 0 Å². The van der Waals surface area contributed by atoms with Crippen molar-refractivity contribution in [2.24, 2.45) is 0 Å². The van der Waals surface area contributed by atoms with Crippen LogP contribution in [-0.4, -0.2) is 19.9 Å². The molecular formula is C16H18N4OS. The number of para-hydroxylation sites is 1. The van der Waals surface area contributed by atoms with Gasteiger partial charge >= 0.3 is 0 Å². The van der Waals surface area contributed by atoms with E-state index in [0.717, 1.165) is 39.4 Å². The van der Waals surface area contributed by atoms with Gasteiger partial charge in [0.25, 0.3) is 0 Å². The van der Waals surface area contributed by atoms with Crippen LogP contribution in [0.3, 0.4) is 0 Å². The van der Waals surface area contributed by atoms with Crippen molar-refractivity contribution in [2.75, 3.05) is 0 Å². The fourth-order valence-electron chi connectivity index (χ4n) is 2.37. The minimum Gasteiger partial charge on any atom is -0.361 e. The maximum absolute atomic E-state index is 5.22. The van der Waals surface area contributed by atoms with E-state index < -0.39 is 0 Å². The third-order valence-electron chi connectivity index (χ3n) is 3.68. The highest BCUT2D eigenvalue weighted by molar-refractivity contribution is 7.98. The van der Waals surface area contributed by atoms with Crippen molar-refractivity contribution in [1.29, 1.82) is 0 Å². The van der Waals surface area contributed by atoms with Gasteiger partial charge in [0.05, 0.1) is 11.4 Å². The van der Waals surface area contributed by atoms with Gasteiger partial charge in [0.15, 0.2) is 5.16 Å². The minimum absolute atomic E-state index is 0.769. The van der Waals surface area contributed by atoms with Gasteiger partial charge in [-0.3, -0.25) is 4.57 Å². The van der Waals surface area contributed by atoms with Gasteiger partial charge in [-0.2, -0.15) is 0 Å². The van der Waals surface area contributed by atoms with Crippen LogP contribution < -0.4 is 0 Å². The molecular weight excluding hydrogens is 296 g/mol. The average molecular weight is 314 g/mol. The Bertz CT molecular complexity index is 787. The fourth-order valence-corrected chi connectivity index (χ4v) is 3.52. The summed E-state index contributed by atoms with van der Waals surface area (Å²) in [6, 6.07) is 8.25. The largest absolute Gasteiger partial charge is 0.361 e. The maximum atomic E-state index is 5.22. The van der Waals surface area contributed by atoms with E-state index in [0.29, 0.717) is 0 Å². The molecule has 2 heterocycles. The number of nitrogens with zero attached hydrogens (tertiary/aromatic N) is 4. The summed E-state index contributed by atoms with van der Waals surface area (Å²) in [7, 11) is 0. The number of hydrogen-bond donors (Lipinski definition) is 0. The lowest BCUT2D eigenvalue weighted by atomic mass is 10.2. The first-order valence-corrected chi connectivity index (χ1v) is 8.09. The average Bonchev–Trinajstić information content (AvgIpc) is 3.01. The van der Waals surface area contributed by atoms with Gasteiger partial charge in [0, 0.05) is 11.3 Å². The second-order valence-electron chi connectivity index (χ2n) is 5.24. The monoisotopic (exact) mass is 314 g/mol. The second-order valence-corrected chi connectivity index (χ2v) is 6.19. The zero-order chi connectivity index (χ0) is 15.7. The SMILES string of the molecule is Cc1ccccc1-n1c(C)nnc1SCc1c(C)noc1C. The number of hydrogen-bond acceptors (Lipinski definition) is 5. The van der Waals surface area contributed by atoms with E-state index in [1.165, 1.54) is 5.56 Å². The molecule has 3 aromatic rings. The Morgan fingerprint density at radius 1 is 1.09 bits per heavy atom. The Balaban J connectivity index is 1.92. The van der Waals surface area contributed by atoms with Crippen LogP contribution >= 0.6 is 11.8 Å². The van der Waals surface area contributed by atoms with Gasteiger partial charge < -0.3 is 4.52 Å². The summed E-state index contributed by atoms with van der Waals surface area (Å²) >= 11 is 1.65. The molecule has 0 fully saturated rings. The molecule has 2 aromatic heterocycles. The highest BCUT2D eigenvalue weighted by atomic mass is 32.2. The van der Waals surface area contributed by atoms with Gasteiger partial charge in [-0.05, 0) is 39.3 Å². The first kappa shape index (κ1) is 14.8. The summed E-state index contributed by atoms with van der Waals surface area (Å²) in [5, 5.41) is 13.4. The Hall–Kier alpha value is -2.08. The van der Waals surface area contributed by atoms with Crippen LogP contribution in [0, 0.1) is 27.7 Å². The number of thioether (sulfide) groups is 1. The Morgan fingerprint density at radius 2 is 1.86 bits per heavy atom. The standard InChI is InChI=1S/C16H18N4OS/c1-10-7-5-6-8-15(10)20-13(4)17-18-16(20)22-9-14-11(2)19-21-12(14)3/h5-8H,9H2,1-4H3. The Kier molecular flexibility index (Phi) is 4.02. The zero-order valence-electron chi connectivity index (χ0n) is 13.1. The summed E-state index contributed by atoms with van der Waals surface area (Å²) in [6.45, 7) is 7.97. The van der Waals surface area contributed by atoms with Gasteiger partial charge in [0.1, 0.15) is 11.6 Å². The van der Waals surface area contributed by atoms with Gasteiger partial charge in [-0.1, -0.05) is 35.1 Å². The molecule has 0 saturated carbocycles. The molecule has 0 atom stereocenters. The number of benzene rings is 1. The third kappa shape index (κ3) is 2.66. The molecule has 0 aliphatic heterocycles. The summed E-state index contributed by atoms with van der Waals surface area (Å²) < 4.78 is 7.31. The molecule has 0 unspecified atom stereocenters. The smallest absolute Gasteiger partial charge is 0.196 e. The van der Waals surface area contributed by atoms with Crippen molar-refractivity contribution in [2.45, 2.75) is 38.6 Å².